The van der Waals surface area contributed by atoms with Gasteiger partial charge in [-0.05, 0) is 25.2 Å². The van der Waals surface area contributed by atoms with Gasteiger partial charge < -0.3 is 5.32 Å². The molecule has 74 valence electrons. The number of β-lactam (4-membered cyclic amide) rings is 1. The fraction of sp³-hybridized carbons (Fsp3) is 0.909. The summed E-state index contributed by atoms with van der Waals surface area (Å²) in [7, 11) is 0. The van der Waals surface area contributed by atoms with Gasteiger partial charge >= 0.3 is 0 Å². The topological polar surface area (TPSA) is 29.1 Å². The maximum Gasteiger partial charge on any atom is 0.222 e. The number of rotatable bonds is 1. The minimum absolute atomic E-state index is 0.237. The standard InChI is InChI=1S/C11H19NO/c1-2-9-4-3-6-11(7-5-9)8-10(13)12-11/h9H,2-8H2,1H3,(H,12,13). The molecule has 2 fully saturated rings. The molecule has 0 aromatic heterocycles. The summed E-state index contributed by atoms with van der Waals surface area (Å²) in [6.07, 6.45) is 8.53. The quantitative estimate of drug-likeness (QED) is 0.617. The van der Waals surface area contributed by atoms with Crippen molar-refractivity contribution in [1.29, 1.82) is 0 Å². The number of carbonyl (C=O) groups is 1. The zero-order valence-electron chi connectivity index (χ0n) is 8.44. The molecule has 1 spiro atoms. The van der Waals surface area contributed by atoms with Crippen LogP contribution in [0.25, 0.3) is 0 Å². The van der Waals surface area contributed by atoms with Crippen molar-refractivity contribution in [1.82, 2.24) is 5.32 Å². The highest BCUT2D eigenvalue weighted by atomic mass is 16.2. The van der Waals surface area contributed by atoms with Crippen LogP contribution in [-0.2, 0) is 4.79 Å². The van der Waals surface area contributed by atoms with E-state index >= 15 is 0 Å². The second kappa shape index (κ2) is 3.32. The van der Waals surface area contributed by atoms with Gasteiger partial charge in [0.1, 0.15) is 0 Å². The first-order valence-corrected chi connectivity index (χ1v) is 5.55. The number of hydrogen-bond acceptors (Lipinski definition) is 1. The second-order valence-corrected chi connectivity index (χ2v) is 4.71. The summed E-state index contributed by atoms with van der Waals surface area (Å²) < 4.78 is 0. The van der Waals surface area contributed by atoms with Crippen LogP contribution in [0.2, 0.25) is 0 Å². The van der Waals surface area contributed by atoms with Crippen LogP contribution in [-0.4, -0.2) is 11.4 Å². The van der Waals surface area contributed by atoms with Crippen LogP contribution in [0, 0.1) is 5.92 Å². The van der Waals surface area contributed by atoms with Crippen LogP contribution in [0.5, 0.6) is 0 Å². The molecule has 1 amide bonds. The van der Waals surface area contributed by atoms with E-state index in [0.717, 1.165) is 12.3 Å². The first-order valence-electron chi connectivity index (χ1n) is 5.55. The highest BCUT2D eigenvalue weighted by molar-refractivity contribution is 5.84. The molecule has 1 aliphatic heterocycles. The molecule has 0 radical (unpaired) electrons. The van der Waals surface area contributed by atoms with Crippen LogP contribution in [0.3, 0.4) is 0 Å². The number of carbonyl (C=O) groups excluding carboxylic acids is 1. The number of amides is 1. The van der Waals surface area contributed by atoms with Gasteiger partial charge in [0.05, 0.1) is 0 Å². The number of hydrogen-bond donors (Lipinski definition) is 1. The lowest BCUT2D eigenvalue weighted by Gasteiger charge is -2.42. The molecule has 2 nitrogen and oxygen atoms in total. The summed E-state index contributed by atoms with van der Waals surface area (Å²) in [5.41, 5.74) is 0.237. The van der Waals surface area contributed by atoms with Crippen LogP contribution >= 0.6 is 0 Å². The maximum atomic E-state index is 10.9. The van der Waals surface area contributed by atoms with Gasteiger partial charge in [0.25, 0.3) is 0 Å². The van der Waals surface area contributed by atoms with Gasteiger partial charge in [-0.2, -0.15) is 0 Å². The molecule has 0 aromatic carbocycles. The summed E-state index contributed by atoms with van der Waals surface area (Å²) in [5.74, 6) is 1.17. The predicted molar refractivity (Wildman–Crippen MR) is 52.4 cm³/mol. The first-order chi connectivity index (χ1) is 6.24. The SMILES string of the molecule is CCC1CCCC2(CC1)CC(=O)N2. The van der Waals surface area contributed by atoms with E-state index in [2.05, 4.69) is 12.2 Å². The van der Waals surface area contributed by atoms with Crippen molar-refractivity contribution in [3.8, 4) is 0 Å². The molecular weight excluding hydrogens is 162 g/mol. The summed E-state index contributed by atoms with van der Waals surface area (Å²) in [6, 6.07) is 0. The zero-order chi connectivity index (χ0) is 9.31. The molecule has 1 heterocycles. The summed E-state index contributed by atoms with van der Waals surface area (Å²) in [6.45, 7) is 2.28. The van der Waals surface area contributed by atoms with Gasteiger partial charge in [-0.15, -0.1) is 0 Å². The summed E-state index contributed by atoms with van der Waals surface area (Å²) in [4.78, 5) is 10.9. The van der Waals surface area contributed by atoms with Crippen molar-refractivity contribution in [3.63, 3.8) is 0 Å². The molecule has 13 heavy (non-hydrogen) atoms. The third-order valence-corrected chi connectivity index (χ3v) is 3.78. The molecule has 2 atom stereocenters. The largest absolute Gasteiger partial charge is 0.350 e. The normalized spacial score (nSPS) is 39.5. The minimum atomic E-state index is 0.237. The predicted octanol–water partition coefficient (Wildman–Crippen LogP) is 2.24. The van der Waals surface area contributed by atoms with Crippen molar-refractivity contribution < 1.29 is 4.79 Å². The van der Waals surface area contributed by atoms with E-state index in [4.69, 9.17) is 0 Å². The van der Waals surface area contributed by atoms with Gasteiger partial charge in [-0.3, -0.25) is 4.79 Å². The molecule has 0 bridgehead atoms. The van der Waals surface area contributed by atoms with Crippen molar-refractivity contribution in [2.24, 2.45) is 5.92 Å². The Balaban J connectivity index is 1.91. The Morgan fingerprint density at radius 3 is 2.85 bits per heavy atom. The van der Waals surface area contributed by atoms with E-state index in [0.29, 0.717) is 0 Å². The van der Waals surface area contributed by atoms with E-state index in [1.165, 1.54) is 38.5 Å². The first kappa shape index (κ1) is 9.04. The third-order valence-electron chi connectivity index (χ3n) is 3.78. The molecule has 2 unspecified atom stereocenters. The van der Waals surface area contributed by atoms with Gasteiger partial charge in [-0.1, -0.05) is 26.2 Å². The van der Waals surface area contributed by atoms with E-state index < -0.39 is 0 Å². The lowest BCUT2D eigenvalue weighted by atomic mass is 9.80. The second-order valence-electron chi connectivity index (χ2n) is 4.71. The van der Waals surface area contributed by atoms with Gasteiger partial charge in [0, 0.05) is 12.0 Å². The van der Waals surface area contributed by atoms with Crippen LogP contribution < -0.4 is 5.32 Å². The molecule has 1 aliphatic carbocycles. The molecule has 1 saturated carbocycles. The molecule has 0 aromatic rings. The average molecular weight is 181 g/mol. The Bertz CT molecular complexity index is 204. The Kier molecular flexibility index (Phi) is 2.31. The fourth-order valence-electron chi connectivity index (χ4n) is 2.77. The van der Waals surface area contributed by atoms with Crippen LogP contribution in [0.1, 0.15) is 51.9 Å². The van der Waals surface area contributed by atoms with E-state index in [9.17, 15) is 4.79 Å². The molecule has 2 aliphatic rings. The monoisotopic (exact) mass is 181 g/mol. The molecule has 2 rings (SSSR count). The van der Waals surface area contributed by atoms with E-state index in [1.807, 2.05) is 0 Å². The molecular formula is C11H19NO. The third kappa shape index (κ3) is 1.72. The lowest BCUT2D eigenvalue weighted by molar-refractivity contribution is -0.133. The fourth-order valence-corrected chi connectivity index (χ4v) is 2.77. The highest BCUT2D eigenvalue weighted by Crippen LogP contribution is 2.37. The summed E-state index contributed by atoms with van der Waals surface area (Å²) >= 11 is 0. The lowest BCUT2D eigenvalue weighted by Crippen LogP contribution is -2.60. The van der Waals surface area contributed by atoms with Gasteiger partial charge in [0.2, 0.25) is 5.91 Å². The smallest absolute Gasteiger partial charge is 0.222 e. The molecule has 1 saturated heterocycles. The van der Waals surface area contributed by atoms with Crippen molar-refractivity contribution in [2.45, 2.75) is 57.4 Å². The van der Waals surface area contributed by atoms with Gasteiger partial charge in [0.15, 0.2) is 0 Å². The highest BCUT2D eigenvalue weighted by Gasteiger charge is 2.43. The Hall–Kier alpha value is -0.530. The molecule has 2 heteroatoms. The summed E-state index contributed by atoms with van der Waals surface area (Å²) in [5, 5.41) is 3.10. The maximum absolute atomic E-state index is 10.9. The van der Waals surface area contributed by atoms with E-state index in [1.54, 1.807) is 0 Å². The van der Waals surface area contributed by atoms with Gasteiger partial charge in [-0.25, -0.2) is 0 Å². The van der Waals surface area contributed by atoms with Crippen LogP contribution in [0.15, 0.2) is 0 Å². The molecule has 1 N–H and O–H groups in total. The Labute approximate surface area is 80.1 Å². The number of nitrogens with one attached hydrogen (secondary N) is 1. The average Bonchev–Trinajstić information content (AvgIpc) is 2.26. The zero-order valence-corrected chi connectivity index (χ0v) is 8.44. The van der Waals surface area contributed by atoms with E-state index in [-0.39, 0.29) is 11.4 Å². The van der Waals surface area contributed by atoms with Crippen molar-refractivity contribution in [3.05, 3.63) is 0 Å². The Morgan fingerprint density at radius 2 is 2.23 bits per heavy atom. The minimum Gasteiger partial charge on any atom is -0.350 e. The van der Waals surface area contributed by atoms with Crippen molar-refractivity contribution >= 4 is 5.91 Å². The Morgan fingerprint density at radius 1 is 1.46 bits per heavy atom. The van der Waals surface area contributed by atoms with Crippen LogP contribution in [0.4, 0.5) is 0 Å². The van der Waals surface area contributed by atoms with Crippen molar-refractivity contribution in [2.75, 3.05) is 0 Å².